The highest BCUT2D eigenvalue weighted by molar-refractivity contribution is 6.25. The van der Waals surface area contributed by atoms with Crippen LogP contribution in [0.25, 0.3) is 0 Å². The summed E-state index contributed by atoms with van der Waals surface area (Å²) in [4.78, 5) is 25.6. The number of aliphatic hydroxyl groups excluding tert-OH is 2. The second kappa shape index (κ2) is 8.49. The number of ketones is 2. The number of hydrogen-bond donors (Lipinski definition) is 3. The van der Waals surface area contributed by atoms with Gasteiger partial charge < -0.3 is 15.3 Å². The molecule has 26 heavy (non-hydrogen) atoms. The van der Waals surface area contributed by atoms with Crippen LogP contribution in [0.3, 0.4) is 0 Å². The quantitative estimate of drug-likeness (QED) is 0.465. The van der Waals surface area contributed by atoms with E-state index in [1.807, 2.05) is 13.8 Å². The number of carbonyl (C=O) groups excluding carboxylic acids is 2. The van der Waals surface area contributed by atoms with Crippen LogP contribution in [0.4, 0.5) is 0 Å². The third-order valence-electron chi connectivity index (χ3n) is 4.63. The van der Waals surface area contributed by atoms with E-state index < -0.39 is 40.2 Å². The maximum absolute atomic E-state index is 12.9. The van der Waals surface area contributed by atoms with Crippen LogP contribution in [0.15, 0.2) is 46.0 Å². The number of rotatable bonds is 7. The highest BCUT2D eigenvalue weighted by Crippen LogP contribution is 2.38. The Bertz CT molecular complexity index is 713. The van der Waals surface area contributed by atoms with Crippen LogP contribution in [-0.2, 0) is 9.59 Å². The highest BCUT2D eigenvalue weighted by Gasteiger charge is 2.49. The molecular weight excluding hydrogens is 332 g/mol. The van der Waals surface area contributed by atoms with Gasteiger partial charge in [-0.2, -0.15) is 0 Å². The molecule has 0 aromatic heterocycles. The van der Waals surface area contributed by atoms with Gasteiger partial charge in [0.2, 0.25) is 5.78 Å². The number of hydrogen-bond acceptors (Lipinski definition) is 5. The molecular formula is C21H30O5. The molecule has 0 unspecified atom stereocenters. The average molecular weight is 362 g/mol. The molecule has 1 rings (SSSR count). The number of Topliss-reactive ketones (excluding diaryl/α,β-unsaturated/α-hetero) is 2. The van der Waals surface area contributed by atoms with E-state index in [1.54, 1.807) is 39.8 Å². The van der Waals surface area contributed by atoms with Crippen molar-refractivity contribution in [2.45, 2.75) is 66.4 Å². The first-order valence-electron chi connectivity index (χ1n) is 8.91. The molecule has 0 radical (unpaired) electrons. The van der Waals surface area contributed by atoms with Gasteiger partial charge in [0.25, 0.3) is 0 Å². The third-order valence-corrected chi connectivity index (χ3v) is 4.63. The third kappa shape index (κ3) is 4.33. The molecule has 2 atom stereocenters. The predicted octanol–water partition coefficient (Wildman–Crippen LogP) is 4.25. The first-order valence-corrected chi connectivity index (χ1v) is 8.91. The molecule has 1 aliphatic carbocycles. The van der Waals surface area contributed by atoms with Gasteiger partial charge in [-0.25, -0.2) is 0 Å². The summed E-state index contributed by atoms with van der Waals surface area (Å²) < 4.78 is 0. The molecule has 0 amide bonds. The van der Waals surface area contributed by atoms with E-state index in [9.17, 15) is 24.9 Å². The van der Waals surface area contributed by atoms with Gasteiger partial charge in [0.15, 0.2) is 11.4 Å². The molecule has 0 heterocycles. The fourth-order valence-electron chi connectivity index (χ4n) is 2.64. The van der Waals surface area contributed by atoms with E-state index in [0.717, 1.165) is 11.1 Å². The lowest BCUT2D eigenvalue weighted by molar-refractivity contribution is -0.135. The van der Waals surface area contributed by atoms with Crippen molar-refractivity contribution in [3.05, 3.63) is 46.0 Å². The molecule has 5 heteroatoms. The predicted molar refractivity (Wildman–Crippen MR) is 102 cm³/mol. The van der Waals surface area contributed by atoms with Crippen molar-refractivity contribution in [3.63, 3.8) is 0 Å². The zero-order chi connectivity index (χ0) is 20.2. The zero-order valence-electron chi connectivity index (χ0n) is 16.5. The second-order valence-electron chi connectivity index (χ2n) is 7.38. The van der Waals surface area contributed by atoms with Crippen LogP contribution in [0, 0.1) is 5.92 Å². The van der Waals surface area contributed by atoms with Gasteiger partial charge in [-0.05, 0) is 40.5 Å². The smallest absolute Gasteiger partial charge is 0.209 e. The fourth-order valence-corrected chi connectivity index (χ4v) is 2.64. The molecule has 0 saturated carbocycles. The van der Waals surface area contributed by atoms with E-state index in [-0.39, 0.29) is 18.4 Å². The Morgan fingerprint density at radius 2 is 1.65 bits per heavy atom. The Morgan fingerprint density at radius 1 is 1.12 bits per heavy atom. The van der Waals surface area contributed by atoms with Crippen molar-refractivity contribution in [2.24, 2.45) is 5.92 Å². The van der Waals surface area contributed by atoms with E-state index >= 15 is 0 Å². The minimum Gasteiger partial charge on any atom is -0.508 e. The van der Waals surface area contributed by atoms with E-state index in [0.29, 0.717) is 6.42 Å². The van der Waals surface area contributed by atoms with Gasteiger partial charge in [-0.1, -0.05) is 37.1 Å². The Balaban J connectivity index is 3.63. The Hall–Kier alpha value is -2.14. The van der Waals surface area contributed by atoms with Crippen molar-refractivity contribution in [3.8, 4) is 0 Å². The maximum atomic E-state index is 12.9. The summed E-state index contributed by atoms with van der Waals surface area (Å²) in [7, 11) is 0. The molecule has 0 aromatic carbocycles. The van der Waals surface area contributed by atoms with Crippen LogP contribution in [-0.4, -0.2) is 32.5 Å². The van der Waals surface area contributed by atoms with Gasteiger partial charge in [0.1, 0.15) is 17.1 Å². The fraction of sp³-hybridized carbons (Fsp3) is 0.524. The molecule has 5 nitrogen and oxygen atoms in total. The maximum Gasteiger partial charge on any atom is 0.209 e. The lowest BCUT2D eigenvalue weighted by atomic mass is 9.76. The molecule has 0 aliphatic heterocycles. The van der Waals surface area contributed by atoms with E-state index in [4.69, 9.17) is 0 Å². The minimum absolute atomic E-state index is 0.0158. The normalized spacial score (nSPS) is 21.6. The van der Waals surface area contributed by atoms with Crippen molar-refractivity contribution < 1.29 is 24.9 Å². The summed E-state index contributed by atoms with van der Waals surface area (Å²) in [5.74, 6) is -3.06. The summed E-state index contributed by atoms with van der Waals surface area (Å²) >= 11 is 0. The molecule has 0 fully saturated rings. The Kier molecular flexibility index (Phi) is 7.16. The van der Waals surface area contributed by atoms with E-state index in [1.165, 1.54) is 0 Å². The van der Waals surface area contributed by atoms with Gasteiger partial charge in [0.05, 0.1) is 0 Å². The lowest BCUT2D eigenvalue weighted by Gasteiger charge is -2.32. The highest BCUT2D eigenvalue weighted by atomic mass is 16.3. The van der Waals surface area contributed by atoms with Crippen LogP contribution >= 0.6 is 0 Å². The molecule has 3 N–H and O–H groups in total. The second-order valence-corrected chi connectivity index (χ2v) is 7.38. The van der Waals surface area contributed by atoms with Crippen molar-refractivity contribution >= 4 is 11.6 Å². The lowest BCUT2D eigenvalue weighted by Crippen LogP contribution is -2.47. The SMILES string of the molecule is CC[C@@H](C)C(=O)C1=C(O)C(CC=C(C)C)=C(O)[C@](O)(CC=C(C)C)C1=O. The first kappa shape index (κ1) is 21.9. The molecule has 0 spiro atoms. The standard InChI is InChI=1S/C21H30O5/c1-7-14(6)17(22)16-18(23)15(9-8-12(2)3)19(24)21(26,20(16)25)11-10-13(4)5/h8,10,14,23-24,26H,7,9,11H2,1-6H3/t14-,21-/m1/s1. The Morgan fingerprint density at radius 3 is 2.12 bits per heavy atom. The molecule has 0 aromatic rings. The number of allylic oxidation sites excluding steroid dienone is 4. The van der Waals surface area contributed by atoms with Gasteiger partial charge in [-0.3, -0.25) is 9.59 Å². The molecule has 0 bridgehead atoms. The van der Waals surface area contributed by atoms with Gasteiger partial charge in [-0.15, -0.1) is 0 Å². The molecule has 1 aliphatic rings. The summed E-state index contributed by atoms with van der Waals surface area (Å²) in [6.07, 6.45) is 3.82. The summed E-state index contributed by atoms with van der Waals surface area (Å²) in [5.41, 5.74) is -0.843. The number of aliphatic hydroxyl groups is 3. The van der Waals surface area contributed by atoms with E-state index in [2.05, 4.69) is 0 Å². The van der Waals surface area contributed by atoms with Crippen LogP contribution < -0.4 is 0 Å². The van der Waals surface area contributed by atoms with Crippen LogP contribution in [0.2, 0.25) is 0 Å². The van der Waals surface area contributed by atoms with Crippen LogP contribution in [0.1, 0.15) is 60.8 Å². The van der Waals surface area contributed by atoms with Crippen LogP contribution in [0.5, 0.6) is 0 Å². The van der Waals surface area contributed by atoms with Crippen molar-refractivity contribution in [1.29, 1.82) is 0 Å². The zero-order valence-corrected chi connectivity index (χ0v) is 16.5. The summed E-state index contributed by atoms with van der Waals surface area (Å²) in [6, 6.07) is 0. The number of carbonyl (C=O) groups is 2. The first-order chi connectivity index (χ1) is 12.0. The largest absolute Gasteiger partial charge is 0.508 e. The molecule has 144 valence electrons. The Labute approximate surface area is 155 Å². The average Bonchev–Trinajstić information content (AvgIpc) is 2.57. The minimum atomic E-state index is -2.24. The monoisotopic (exact) mass is 362 g/mol. The topological polar surface area (TPSA) is 94.8 Å². The van der Waals surface area contributed by atoms with Crippen molar-refractivity contribution in [2.75, 3.05) is 0 Å². The van der Waals surface area contributed by atoms with Gasteiger partial charge in [0, 0.05) is 17.9 Å². The summed E-state index contributed by atoms with van der Waals surface area (Å²) in [6.45, 7) is 10.8. The van der Waals surface area contributed by atoms with Crippen molar-refractivity contribution in [1.82, 2.24) is 0 Å². The van der Waals surface area contributed by atoms with Gasteiger partial charge >= 0.3 is 0 Å². The summed E-state index contributed by atoms with van der Waals surface area (Å²) in [5, 5.41) is 32.1. The molecule has 0 saturated heterocycles.